The molecule has 3 atom stereocenters. The van der Waals surface area contributed by atoms with Gasteiger partial charge in [0, 0.05) is 12.9 Å². The summed E-state index contributed by atoms with van der Waals surface area (Å²) in [6.07, 6.45) is 11.2. The van der Waals surface area contributed by atoms with Gasteiger partial charge in [-0.05, 0) is 72.9 Å². The molecule has 2 aromatic rings. The third kappa shape index (κ3) is 5.82. The molecule has 1 fully saturated rings. The van der Waals surface area contributed by atoms with Crippen molar-refractivity contribution < 1.29 is 0 Å². The van der Waals surface area contributed by atoms with E-state index in [9.17, 15) is 0 Å². The van der Waals surface area contributed by atoms with Crippen LogP contribution in [0.25, 0.3) is 0 Å². The van der Waals surface area contributed by atoms with E-state index in [-0.39, 0.29) is 0 Å². The summed E-state index contributed by atoms with van der Waals surface area (Å²) in [5.41, 5.74) is 7.11. The van der Waals surface area contributed by atoms with Gasteiger partial charge in [0.05, 0.1) is 0 Å². The van der Waals surface area contributed by atoms with Gasteiger partial charge in [0.2, 0.25) is 0 Å². The Labute approximate surface area is 172 Å². The highest BCUT2D eigenvalue weighted by Crippen LogP contribution is 2.67. The number of rotatable bonds is 9. The molecule has 0 spiro atoms. The molecule has 2 heteroatoms. The van der Waals surface area contributed by atoms with Gasteiger partial charge in [0.1, 0.15) is 0 Å². The molecule has 0 amide bonds. The molecule has 146 valence electrons. The number of hydrogen-bond acceptors (Lipinski definition) is 0. The van der Waals surface area contributed by atoms with E-state index in [0.29, 0.717) is 11.3 Å². The lowest BCUT2D eigenvalue weighted by Gasteiger charge is -2.20. The molecule has 0 radical (unpaired) electrons. The van der Waals surface area contributed by atoms with Gasteiger partial charge >= 0.3 is 0 Å². The van der Waals surface area contributed by atoms with E-state index >= 15 is 0 Å². The summed E-state index contributed by atoms with van der Waals surface area (Å²) in [6.45, 7) is 4.51. The van der Waals surface area contributed by atoms with Gasteiger partial charge in [-0.25, -0.2) is 0 Å². The fraction of sp³-hybridized carbons (Fsp3) is 0.520. The number of benzene rings is 2. The second-order valence-electron chi connectivity index (χ2n) is 8.06. The quantitative estimate of drug-likeness (QED) is 0.370. The normalized spacial score (nSPS) is 22.3. The monoisotopic (exact) mass is 400 g/mol. The Morgan fingerprint density at radius 3 is 1.85 bits per heavy atom. The maximum atomic E-state index is 7.02. The van der Waals surface area contributed by atoms with E-state index in [2.05, 4.69) is 62.4 Å². The highest BCUT2D eigenvalue weighted by atomic mass is 35.7. The van der Waals surface area contributed by atoms with Gasteiger partial charge in [0.25, 0.3) is 0 Å². The zero-order chi connectivity index (χ0) is 19.1. The number of halogens is 1. The third-order valence-electron chi connectivity index (χ3n) is 5.92. The van der Waals surface area contributed by atoms with Gasteiger partial charge in [-0.2, -0.15) is 0 Å². The molecule has 0 aliphatic carbocycles. The molecule has 0 bridgehead atoms. The summed E-state index contributed by atoms with van der Waals surface area (Å²) < 4.78 is 0. The Bertz CT molecular complexity index is 676. The number of aryl methyl sites for hydroxylation is 2. The molecule has 2 aromatic carbocycles. The van der Waals surface area contributed by atoms with Crippen LogP contribution in [0.5, 0.6) is 0 Å². The van der Waals surface area contributed by atoms with Crippen LogP contribution in [0.3, 0.4) is 0 Å². The zero-order valence-corrected chi connectivity index (χ0v) is 18.6. The smallest absolute Gasteiger partial charge is 0.0183 e. The van der Waals surface area contributed by atoms with Crippen molar-refractivity contribution in [1.82, 2.24) is 0 Å². The van der Waals surface area contributed by atoms with E-state index in [1.165, 1.54) is 73.6 Å². The van der Waals surface area contributed by atoms with Crippen LogP contribution < -0.4 is 0 Å². The van der Waals surface area contributed by atoms with E-state index in [1.54, 1.807) is 0 Å². The fourth-order valence-corrected chi connectivity index (χ4v) is 7.41. The minimum Gasteiger partial charge on any atom is -0.0955 e. The average molecular weight is 401 g/mol. The Kier molecular flexibility index (Phi) is 8.23. The van der Waals surface area contributed by atoms with Gasteiger partial charge < -0.3 is 0 Å². The number of unbranched alkanes of at least 4 members (excludes halogenated alkanes) is 2. The van der Waals surface area contributed by atoms with Gasteiger partial charge in [-0.1, -0.05) is 86.5 Å². The molecule has 0 N–H and O–H groups in total. The maximum Gasteiger partial charge on any atom is 0.0183 e. The average Bonchev–Trinajstić information content (AvgIpc) is 3.06. The molecule has 0 saturated carbocycles. The Morgan fingerprint density at radius 2 is 1.30 bits per heavy atom. The summed E-state index contributed by atoms with van der Waals surface area (Å²) in [4.78, 5) is 0. The topological polar surface area (TPSA) is 0 Å². The molecule has 3 rings (SSSR count). The van der Waals surface area contributed by atoms with Gasteiger partial charge in [-0.3, -0.25) is 0 Å². The Hall–Kier alpha value is -0.840. The molecule has 27 heavy (non-hydrogen) atoms. The Morgan fingerprint density at radius 1 is 0.778 bits per heavy atom. The van der Waals surface area contributed by atoms with Crippen molar-refractivity contribution in [3.05, 3.63) is 70.8 Å². The van der Waals surface area contributed by atoms with Gasteiger partial charge in [-0.15, -0.1) is 0 Å². The van der Waals surface area contributed by atoms with E-state index in [0.717, 1.165) is 6.42 Å². The van der Waals surface area contributed by atoms with Crippen molar-refractivity contribution in [3.63, 3.8) is 0 Å². The molecular formula is C25H34ClP. The van der Waals surface area contributed by atoms with Crippen molar-refractivity contribution in [2.45, 2.75) is 83.0 Å². The predicted octanol–water partition coefficient (Wildman–Crippen LogP) is 8.45. The highest BCUT2D eigenvalue weighted by Gasteiger charge is 2.35. The zero-order valence-electron chi connectivity index (χ0n) is 17.0. The lowest BCUT2D eigenvalue weighted by molar-refractivity contribution is 0.733. The maximum absolute atomic E-state index is 7.02. The predicted molar refractivity (Wildman–Crippen MR) is 122 cm³/mol. The third-order valence-corrected chi connectivity index (χ3v) is 9.74. The Balaban J connectivity index is 1.57. The fourth-order valence-electron chi connectivity index (χ4n) is 4.13. The van der Waals surface area contributed by atoms with Crippen LogP contribution in [0.1, 0.15) is 80.3 Å². The molecule has 1 aliphatic heterocycles. The van der Waals surface area contributed by atoms with E-state index in [1.807, 2.05) is 0 Å². The van der Waals surface area contributed by atoms with E-state index in [4.69, 9.17) is 11.2 Å². The minimum absolute atomic E-state index is 0.457. The van der Waals surface area contributed by atoms with Crippen LogP contribution in [0.15, 0.2) is 48.5 Å². The SMILES string of the molecule is CCCCc1ccc(C[C@@H]2CC[C@@H](c3ccc(CCCC)cc3)P2Cl)cc1. The standard InChI is InChI=1S/C25H34ClP/c1-3-5-7-20-9-11-22(12-10-20)19-24-17-18-25(27(24)26)23-15-13-21(14-16-23)8-6-4-2/h9-16,24-25H,3-8,17-19H2,1-2H3/t24-,25-,27?/m0/s1. The lowest BCUT2D eigenvalue weighted by Crippen LogP contribution is -2.03. The van der Waals surface area contributed by atoms with Crippen LogP contribution >= 0.6 is 18.5 Å². The van der Waals surface area contributed by atoms with Crippen LogP contribution in [-0.4, -0.2) is 5.66 Å². The van der Waals surface area contributed by atoms with Crippen molar-refractivity contribution in [3.8, 4) is 0 Å². The first-order valence-electron chi connectivity index (χ1n) is 10.8. The molecule has 1 aliphatic rings. The first-order chi connectivity index (χ1) is 13.2. The molecule has 1 unspecified atom stereocenters. The highest BCUT2D eigenvalue weighted by molar-refractivity contribution is 7.85. The van der Waals surface area contributed by atoms with Crippen molar-refractivity contribution in [1.29, 1.82) is 0 Å². The molecule has 0 nitrogen and oxygen atoms in total. The van der Waals surface area contributed by atoms with Crippen molar-refractivity contribution in [2.75, 3.05) is 0 Å². The van der Waals surface area contributed by atoms with Crippen molar-refractivity contribution >= 4 is 18.5 Å². The van der Waals surface area contributed by atoms with Crippen molar-refractivity contribution in [2.24, 2.45) is 0 Å². The summed E-state index contributed by atoms with van der Waals surface area (Å²) in [7, 11) is -0.457. The van der Waals surface area contributed by atoms with Crippen LogP contribution in [0.4, 0.5) is 0 Å². The molecular weight excluding hydrogens is 367 g/mol. The molecule has 1 saturated heterocycles. The summed E-state index contributed by atoms with van der Waals surface area (Å²) in [5.74, 6) is 0. The molecule has 0 aromatic heterocycles. The summed E-state index contributed by atoms with van der Waals surface area (Å²) in [5, 5.41) is 0. The lowest BCUT2D eigenvalue weighted by atomic mass is 10.0. The largest absolute Gasteiger partial charge is 0.0955 e. The minimum atomic E-state index is -0.457. The molecule has 1 heterocycles. The van der Waals surface area contributed by atoms with E-state index < -0.39 is 7.27 Å². The second kappa shape index (κ2) is 10.6. The first kappa shape index (κ1) is 20.9. The van der Waals surface area contributed by atoms with Gasteiger partial charge in [0.15, 0.2) is 0 Å². The van der Waals surface area contributed by atoms with Crippen LogP contribution in [0, 0.1) is 0 Å². The van der Waals surface area contributed by atoms with Crippen LogP contribution in [-0.2, 0) is 19.3 Å². The summed E-state index contributed by atoms with van der Waals surface area (Å²) >= 11 is 7.02. The number of hydrogen-bond donors (Lipinski definition) is 0. The summed E-state index contributed by atoms with van der Waals surface area (Å²) in [6, 6.07) is 18.7. The van der Waals surface area contributed by atoms with Crippen LogP contribution in [0.2, 0.25) is 0 Å². The second-order valence-corrected chi connectivity index (χ2v) is 11.3. The first-order valence-corrected chi connectivity index (χ1v) is 13.2.